The molecule has 0 aromatic carbocycles. The van der Waals surface area contributed by atoms with Gasteiger partial charge in [-0.1, -0.05) is 12.7 Å². The molecule has 5 nitrogen and oxygen atoms in total. The van der Waals surface area contributed by atoms with Crippen molar-refractivity contribution >= 4 is 5.97 Å². The minimum Gasteiger partial charge on any atom is -0.458 e. The van der Waals surface area contributed by atoms with E-state index in [-0.39, 0.29) is 13.4 Å². The third kappa shape index (κ3) is 7.17. The average molecular weight is 230 g/mol. The molecule has 5 heteroatoms. The van der Waals surface area contributed by atoms with Crippen LogP contribution in [0.4, 0.5) is 0 Å². The SMILES string of the molecule is C=CCOC(=O)/C=C/[C@@H](OCOC)[C@H](C)O. The van der Waals surface area contributed by atoms with Gasteiger partial charge in [-0.2, -0.15) is 0 Å². The van der Waals surface area contributed by atoms with Gasteiger partial charge in [0.1, 0.15) is 19.5 Å². The number of rotatable bonds is 8. The van der Waals surface area contributed by atoms with Crippen molar-refractivity contribution in [2.24, 2.45) is 0 Å². The Hall–Kier alpha value is -1.17. The summed E-state index contributed by atoms with van der Waals surface area (Å²) >= 11 is 0. The summed E-state index contributed by atoms with van der Waals surface area (Å²) in [6.45, 7) is 5.17. The van der Waals surface area contributed by atoms with E-state index in [1.54, 1.807) is 6.92 Å². The van der Waals surface area contributed by atoms with Gasteiger partial charge >= 0.3 is 5.97 Å². The van der Waals surface area contributed by atoms with E-state index < -0.39 is 18.2 Å². The molecule has 0 aliphatic carbocycles. The Labute approximate surface area is 95.3 Å². The quantitative estimate of drug-likeness (QED) is 0.287. The van der Waals surface area contributed by atoms with Gasteiger partial charge in [-0.05, 0) is 13.0 Å². The fourth-order valence-electron chi connectivity index (χ4n) is 0.865. The second-order valence-electron chi connectivity index (χ2n) is 3.06. The first-order valence-corrected chi connectivity index (χ1v) is 4.86. The third-order valence-corrected chi connectivity index (χ3v) is 1.62. The molecule has 0 aromatic rings. The van der Waals surface area contributed by atoms with E-state index in [2.05, 4.69) is 6.58 Å². The predicted octanol–water partition coefficient (Wildman–Crippen LogP) is 0.642. The molecule has 0 bridgehead atoms. The number of esters is 1. The third-order valence-electron chi connectivity index (χ3n) is 1.62. The lowest BCUT2D eigenvalue weighted by atomic mass is 10.2. The Kier molecular flexibility index (Phi) is 8.42. The van der Waals surface area contributed by atoms with Crippen molar-refractivity contribution in [3.05, 3.63) is 24.8 Å². The van der Waals surface area contributed by atoms with E-state index in [0.29, 0.717) is 0 Å². The Morgan fingerprint density at radius 2 is 2.25 bits per heavy atom. The molecule has 0 aliphatic heterocycles. The molecule has 0 rings (SSSR count). The first-order valence-electron chi connectivity index (χ1n) is 4.86. The minimum atomic E-state index is -0.737. The van der Waals surface area contributed by atoms with Crippen LogP contribution >= 0.6 is 0 Å². The molecule has 16 heavy (non-hydrogen) atoms. The van der Waals surface area contributed by atoms with E-state index in [1.807, 2.05) is 0 Å². The van der Waals surface area contributed by atoms with Crippen LogP contribution in [-0.2, 0) is 19.0 Å². The molecule has 0 heterocycles. The number of hydrogen-bond acceptors (Lipinski definition) is 5. The second-order valence-corrected chi connectivity index (χ2v) is 3.06. The minimum absolute atomic E-state index is 0.0433. The van der Waals surface area contributed by atoms with Gasteiger partial charge in [0.25, 0.3) is 0 Å². The summed E-state index contributed by atoms with van der Waals surface area (Å²) in [6, 6.07) is 0. The van der Waals surface area contributed by atoms with Crippen molar-refractivity contribution in [3.63, 3.8) is 0 Å². The van der Waals surface area contributed by atoms with Crippen LogP contribution in [0.1, 0.15) is 6.92 Å². The van der Waals surface area contributed by atoms with Crippen LogP contribution in [0.15, 0.2) is 24.8 Å². The van der Waals surface area contributed by atoms with Gasteiger partial charge < -0.3 is 19.3 Å². The van der Waals surface area contributed by atoms with Crippen molar-refractivity contribution in [3.8, 4) is 0 Å². The van der Waals surface area contributed by atoms with E-state index in [1.165, 1.54) is 25.3 Å². The monoisotopic (exact) mass is 230 g/mol. The van der Waals surface area contributed by atoms with Crippen molar-refractivity contribution < 1.29 is 24.1 Å². The molecule has 0 spiro atoms. The Morgan fingerprint density at radius 1 is 1.56 bits per heavy atom. The molecule has 0 radical (unpaired) electrons. The van der Waals surface area contributed by atoms with Crippen LogP contribution in [0, 0.1) is 0 Å². The Balaban J connectivity index is 4.10. The van der Waals surface area contributed by atoms with Crippen molar-refractivity contribution in [1.29, 1.82) is 0 Å². The van der Waals surface area contributed by atoms with Crippen molar-refractivity contribution in [2.75, 3.05) is 20.5 Å². The zero-order chi connectivity index (χ0) is 12.4. The van der Waals surface area contributed by atoms with E-state index >= 15 is 0 Å². The molecule has 92 valence electrons. The maximum absolute atomic E-state index is 11.1. The number of carbonyl (C=O) groups is 1. The van der Waals surface area contributed by atoms with Gasteiger partial charge in [-0.25, -0.2) is 4.79 Å². The zero-order valence-electron chi connectivity index (χ0n) is 9.59. The van der Waals surface area contributed by atoms with Crippen LogP contribution in [-0.4, -0.2) is 43.8 Å². The molecular formula is C11H18O5. The lowest BCUT2D eigenvalue weighted by Crippen LogP contribution is -2.25. The Bertz CT molecular complexity index is 235. The van der Waals surface area contributed by atoms with Crippen LogP contribution in [0.5, 0.6) is 0 Å². The molecule has 0 fully saturated rings. The highest BCUT2D eigenvalue weighted by Crippen LogP contribution is 2.01. The summed E-state index contributed by atoms with van der Waals surface area (Å²) in [5.74, 6) is -0.508. The molecule has 0 amide bonds. The Morgan fingerprint density at radius 3 is 2.75 bits per heavy atom. The van der Waals surface area contributed by atoms with E-state index in [4.69, 9.17) is 14.2 Å². The van der Waals surface area contributed by atoms with Crippen molar-refractivity contribution in [2.45, 2.75) is 19.1 Å². The first-order chi connectivity index (χ1) is 7.61. The molecule has 1 N–H and O–H groups in total. The average Bonchev–Trinajstić information content (AvgIpc) is 2.25. The summed E-state index contributed by atoms with van der Waals surface area (Å²) < 4.78 is 14.5. The van der Waals surface area contributed by atoms with Gasteiger partial charge in [0.05, 0.1) is 6.10 Å². The maximum Gasteiger partial charge on any atom is 0.330 e. The van der Waals surface area contributed by atoms with Crippen molar-refractivity contribution in [1.82, 2.24) is 0 Å². The van der Waals surface area contributed by atoms with Gasteiger partial charge in [0.15, 0.2) is 0 Å². The summed E-state index contributed by atoms with van der Waals surface area (Å²) in [4.78, 5) is 11.1. The van der Waals surface area contributed by atoms with Crippen LogP contribution < -0.4 is 0 Å². The van der Waals surface area contributed by atoms with Gasteiger partial charge in [0.2, 0.25) is 0 Å². The first kappa shape index (κ1) is 14.8. The summed E-state index contributed by atoms with van der Waals surface area (Å²) in [7, 11) is 1.47. The predicted molar refractivity (Wildman–Crippen MR) is 58.7 cm³/mol. The van der Waals surface area contributed by atoms with E-state index in [9.17, 15) is 9.90 Å². The number of aliphatic hydroxyl groups is 1. The highest BCUT2D eigenvalue weighted by molar-refractivity contribution is 5.82. The number of carbonyl (C=O) groups excluding carboxylic acids is 1. The standard InChI is InChI=1S/C11H18O5/c1-4-7-15-11(13)6-5-10(9(2)12)16-8-14-3/h4-6,9-10,12H,1,7-8H2,2-3H3/b6-5+/t9-,10+/m0/s1. The number of ether oxygens (including phenoxy) is 3. The summed E-state index contributed by atoms with van der Waals surface area (Å²) in [6.07, 6.45) is 2.76. The number of hydrogen-bond donors (Lipinski definition) is 1. The molecular weight excluding hydrogens is 212 g/mol. The highest BCUT2D eigenvalue weighted by Gasteiger charge is 2.12. The lowest BCUT2D eigenvalue weighted by molar-refractivity contribution is -0.136. The van der Waals surface area contributed by atoms with Gasteiger partial charge in [-0.15, -0.1) is 0 Å². The van der Waals surface area contributed by atoms with Crippen LogP contribution in [0.3, 0.4) is 0 Å². The molecule has 0 saturated heterocycles. The maximum atomic E-state index is 11.1. The fourth-order valence-corrected chi connectivity index (χ4v) is 0.865. The topological polar surface area (TPSA) is 65.0 Å². The summed E-state index contributed by atoms with van der Waals surface area (Å²) in [5, 5.41) is 9.33. The van der Waals surface area contributed by atoms with Crippen LogP contribution in [0.25, 0.3) is 0 Å². The van der Waals surface area contributed by atoms with Gasteiger partial charge in [-0.3, -0.25) is 0 Å². The van der Waals surface area contributed by atoms with E-state index in [0.717, 1.165) is 0 Å². The number of aliphatic hydroxyl groups excluding tert-OH is 1. The van der Waals surface area contributed by atoms with Crippen LogP contribution in [0.2, 0.25) is 0 Å². The second kappa shape index (κ2) is 9.08. The number of methoxy groups -OCH3 is 1. The largest absolute Gasteiger partial charge is 0.458 e. The summed E-state index contributed by atoms with van der Waals surface area (Å²) in [5.41, 5.74) is 0. The smallest absolute Gasteiger partial charge is 0.330 e. The zero-order valence-corrected chi connectivity index (χ0v) is 9.59. The molecule has 0 unspecified atom stereocenters. The normalized spacial score (nSPS) is 14.7. The molecule has 0 aromatic heterocycles. The molecule has 0 saturated carbocycles. The molecule has 0 aliphatic rings. The fraction of sp³-hybridized carbons (Fsp3) is 0.545. The molecule has 2 atom stereocenters. The lowest BCUT2D eigenvalue weighted by Gasteiger charge is -2.15. The highest BCUT2D eigenvalue weighted by atomic mass is 16.7. The van der Waals surface area contributed by atoms with Gasteiger partial charge in [0, 0.05) is 13.2 Å².